The summed E-state index contributed by atoms with van der Waals surface area (Å²) in [6, 6.07) is 0. The second kappa shape index (κ2) is 2.58. The molecule has 2 N–H and O–H groups in total. The molecule has 0 spiro atoms. The smallest absolute Gasteiger partial charge is 0.0622 e. The van der Waals surface area contributed by atoms with Crippen LogP contribution in [0.4, 0.5) is 0 Å². The first-order valence-electron chi connectivity index (χ1n) is 5.00. The van der Waals surface area contributed by atoms with Crippen LogP contribution in [0, 0.1) is 10.8 Å². The third kappa shape index (κ3) is 1.09. The minimum atomic E-state index is -0.329. The molecule has 13 heavy (non-hydrogen) atoms. The van der Waals surface area contributed by atoms with Crippen LogP contribution >= 0.6 is 0 Å². The summed E-state index contributed by atoms with van der Waals surface area (Å²) in [6.07, 6.45) is 3.23. The minimum Gasteiger partial charge on any atom is -0.396 e. The first-order chi connectivity index (χ1) is 6.02. The van der Waals surface area contributed by atoms with E-state index in [9.17, 15) is 10.2 Å². The molecule has 2 heteroatoms. The zero-order chi connectivity index (χ0) is 9.69. The summed E-state index contributed by atoms with van der Waals surface area (Å²) in [5.74, 6) is 0. The van der Waals surface area contributed by atoms with E-state index in [1.54, 1.807) is 0 Å². The van der Waals surface area contributed by atoms with Crippen molar-refractivity contribution in [2.75, 3.05) is 6.61 Å². The quantitative estimate of drug-likeness (QED) is 0.603. The summed E-state index contributed by atoms with van der Waals surface area (Å²) in [5.41, 5.74) is 1.14. The first kappa shape index (κ1) is 9.22. The van der Waals surface area contributed by atoms with Crippen LogP contribution in [-0.4, -0.2) is 22.9 Å². The molecular weight excluding hydrogens is 164 g/mol. The van der Waals surface area contributed by atoms with E-state index in [1.165, 1.54) is 5.57 Å². The Hall–Kier alpha value is -0.340. The largest absolute Gasteiger partial charge is 0.396 e. The van der Waals surface area contributed by atoms with Crippen LogP contribution in [0.25, 0.3) is 0 Å². The molecule has 0 saturated heterocycles. The fourth-order valence-corrected chi connectivity index (χ4v) is 3.08. The molecule has 0 aromatic heterocycles. The van der Waals surface area contributed by atoms with Gasteiger partial charge in [0.05, 0.1) is 12.7 Å². The topological polar surface area (TPSA) is 40.5 Å². The monoisotopic (exact) mass is 182 g/mol. The van der Waals surface area contributed by atoms with Gasteiger partial charge in [-0.1, -0.05) is 19.1 Å². The van der Waals surface area contributed by atoms with Gasteiger partial charge >= 0.3 is 0 Å². The lowest BCUT2D eigenvalue weighted by Crippen LogP contribution is -2.41. The summed E-state index contributed by atoms with van der Waals surface area (Å²) in [7, 11) is 0. The predicted molar refractivity (Wildman–Crippen MR) is 51.2 cm³/mol. The highest BCUT2D eigenvalue weighted by atomic mass is 16.3. The molecule has 0 radical (unpaired) electrons. The number of aliphatic hydroxyl groups excluding tert-OH is 2. The van der Waals surface area contributed by atoms with E-state index < -0.39 is 0 Å². The third-order valence-corrected chi connectivity index (χ3v) is 4.15. The zero-order valence-electron chi connectivity index (χ0n) is 8.21. The van der Waals surface area contributed by atoms with E-state index in [1.807, 2.05) is 0 Å². The Kier molecular flexibility index (Phi) is 1.83. The van der Waals surface area contributed by atoms with Crippen molar-refractivity contribution >= 4 is 0 Å². The van der Waals surface area contributed by atoms with E-state index in [0.29, 0.717) is 0 Å². The standard InChI is InChI=1S/C11H18O2/c1-8-5-11(7-12)6-10(8,2)4-3-9(11)13/h9,12-13H,1,3-7H2,2H3. The second-order valence-electron chi connectivity index (χ2n) is 5.09. The molecule has 2 aliphatic carbocycles. The van der Waals surface area contributed by atoms with Crippen LogP contribution in [0.2, 0.25) is 0 Å². The van der Waals surface area contributed by atoms with Crippen molar-refractivity contribution in [2.45, 2.75) is 38.7 Å². The number of hydrogen-bond donors (Lipinski definition) is 2. The third-order valence-electron chi connectivity index (χ3n) is 4.15. The Bertz CT molecular complexity index is 248. The molecule has 2 aliphatic rings. The van der Waals surface area contributed by atoms with Crippen molar-refractivity contribution in [1.82, 2.24) is 0 Å². The molecule has 2 fully saturated rings. The number of hydrogen-bond acceptors (Lipinski definition) is 2. The molecule has 0 amide bonds. The van der Waals surface area contributed by atoms with Crippen molar-refractivity contribution in [3.8, 4) is 0 Å². The Morgan fingerprint density at radius 2 is 2.31 bits per heavy atom. The molecule has 2 nitrogen and oxygen atoms in total. The van der Waals surface area contributed by atoms with Crippen molar-refractivity contribution in [3.63, 3.8) is 0 Å². The number of fused-ring (bicyclic) bond motifs is 2. The highest BCUT2D eigenvalue weighted by Gasteiger charge is 2.54. The SMILES string of the molecule is C=C1CC2(CO)CC1(C)CCC2O. The molecule has 0 aromatic carbocycles. The van der Waals surface area contributed by atoms with Crippen LogP contribution in [0.3, 0.4) is 0 Å². The molecule has 2 saturated carbocycles. The average molecular weight is 182 g/mol. The van der Waals surface area contributed by atoms with Gasteiger partial charge in [0.1, 0.15) is 0 Å². The van der Waals surface area contributed by atoms with Crippen LogP contribution in [0.1, 0.15) is 32.6 Å². The molecule has 3 atom stereocenters. The summed E-state index contributed by atoms with van der Waals surface area (Å²) in [5, 5.41) is 19.2. The Morgan fingerprint density at radius 1 is 1.62 bits per heavy atom. The van der Waals surface area contributed by atoms with Gasteiger partial charge in [0.15, 0.2) is 0 Å². The highest BCUT2D eigenvalue weighted by Crippen LogP contribution is 2.60. The zero-order valence-corrected chi connectivity index (χ0v) is 8.21. The van der Waals surface area contributed by atoms with Crippen molar-refractivity contribution in [1.29, 1.82) is 0 Å². The predicted octanol–water partition coefficient (Wildman–Crippen LogP) is 1.48. The summed E-state index contributed by atoms with van der Waals surface area (Å²) >= 11 is 0. The van der Waals surface area contributed by atoms with Gasteiger partial charge in [-0.25, -0.2) is 0 Å². The van der Waals surface area contributed by atoms with E-state index in [2.05, 4.69) is 13.5 Å². The van der Waals surface area contributed by atoms with Gasteiger partial charge in [0.2, 0.25) is 0 Å². The maximum Gasteiger partial charge on any atom is 0.0622 e. The van der Waals surface area contributed by atoms with Crippen molar-refractivity contribution in [3.05, 3.63) is 12.2 Å². The molecule has 3 unspecified atom stereocenters. The average Bonchev–Trinajstić information content (AvgIpc) is 2.32. The fraction of sp³-hybridized carbons (Fsp3) is 0.818. The fourth-order valence-electron chi connectivity index (χ4n) is 3.08. The molecule has 0 aliphatic heterocycles. The van der Waals surface area contributed by atoms with Crippen LogP contribution in [0.15, 0.2) is 12.2 Å². The van der Waals surface area contributed by atoms with Gasteiger partial charge in [-0.15, -0.1) is 0 Å². The maximum atomic E-state index is 9.88. The highest BCUT2D eigenvalue weighted by molar-refractivity contribution is 5.23. The first-order valence-corrected chi connectivity index (χ1v) is 5.00. The Labute approximate surface area is 79.3 Å². The summed E-state index contributed by atoms with van der Waals surface area (Å²) < 4.78 is 0. The lowest BCUT2D eigenvalue weighted by molar-refractivity contribution is -0.0496. The van der Waals surface area contributed by atoms with Gasteiger partial charge in [0, 0.05) is 5.41 Å². The van der Waals surface area contributed by atoms with E-state index in [0.717, 1.165) is 25.7 Å². The van der Waals surface area contributed by atoms with Crippen molar-refractivity contribution < 1.29 is 10.2 Å². The lowest BCUT2D eigenvalue weighted by atomic mass is 9.68. The van der Waals surface area contributed by atoms with Gasteiger partial charge in [0.25, 0.3) is 0 Å². The normalized spacial score (nSPS) is 49.8. The summed E-state index contributed by atoms with van der Waals surface area (Å²) in [6.45, 7) is 6.38. The van der Waals surface area contributed by atoms with Crippen LogP contribution in [0.5, 0.6) is 0 Å². The number of aliphatic hydroxyl groups is 2. The molecule has 0 aromatic rings. The van der Waals surface area contributed by atoms with Crippen molar-refractivity contribution in [2.24, 2.45) is 10.8 Å². The van der Waals surface area contributed by atoms with E-state index >= 15 is 0 Å². The van der Waals surface area contributed by atoms with Gasteiger partial charge in [-0.2, -0.15) is 0 Å². The molecule has 74 valence electrons. The molecule has 2 rings (SSSR count). The Morgan fingerprint density at radius 3 is 2.85 bits per heavy atom. The van der Waals surface area contributed by atoms with E-state index in [-0.39, 0.29) is 23.5 Å². The van der Waals surface area contributed by atoms with Crippen LogP contribution in [-0.2, 0) is 0 Å². The van der Waals surface area contributed by atoms with Gasteiger partial charge < -0.3 is 10.2 Å². The number of allylic oxidation sites excluding steroid dienone is 1. The minimum absolute atomic E-state index is 0.1000. The second-order valence-corrected chi connectivity index (χ2v) is 5.09. The van der Waals surface area contributed by atoms with Gasteiger partial charge in [-0.05, 0) is 31.1 Å². The Balaban J connectivity index is 2.34. The molecule has 2 bridgehead atoms. The molecule has 0 heterocycles. The van der Waals surface area contributed by atoms with E-state index in [4.69, 9.17) is 0 Å². The van der Waals surface area contributed by atoms with Crippen LogP contribution < -0.4 is 0 Å². The lowest BCUT2D eigenvalue weighted by Gasteiger charge is -2.40. The molecular formula is C11H18O2. The van der Waals surface area contributed by atoms with Gasteiger partial charge in [-0.3, -0.25) is 0 Å². The summed E-state index contributed by atoms with van der Waals surface area (Å²) in [4.78, 5) is 0. The number of rotatable bonds is 1. The maximum absolute atomic E-state index is 9.88.